The van der Waals surface area contributed by atoms with Crippen LogP contribution in [0.4, 0.5) is 4.39 Å². The third-order valence-electron chi connectivity index (χ3n) is 3.37. The summed E-state index contributed by atoms with van der Waals surface area (Å²) in [6, 6.07) is 11.4. The molecule has 3 rings (SSSR count). The molecule has 1 atom stereocenters. The SMILES string of the molecule is Cc1ccoc1C(=O)N[C@H](c1ccc(F)cc1)c1cccs1. The average molecular weight is 315 g/mol. The Bertz CT molecular complexity index is 762. The van der Waals surface area contributed by atoms with Gasteiger partial charge in [-0.15, -0.1) is 11.3 Å². The maximum absolute atomic E-state index is 13.1. The molecule has 2 heterocycles. The normalized spacial score (nSPS) is 12.1. The van der Waals surface area contributed by atoms with Crippen LogP contribution in [0.3, 0.4) is 0 Å². The van der Waals surface area contributed by atoms with Gasteiger partial charge in [0.2, 0.25) is 0 Å². The molecule has 0 aliphatic rings. The molecule has 1 aromatic carbocycles. The predicted octanol–water partition coefficient (Wildman–Crippen LogP) is 4.31. The van der Waals surface area contributed by atoms with Gasteiger partial charge in [0.15, 0.2) is 5.76 Å². The molecule has 0 aliphatic carbocycles. The molecular formula is C17H14FNO2S. The predicted molar refractivity (Wildman–Crippen MR) is 83.5 cm³/mol. The van der Waals surface area contributed by atoms with Gasteiger partial charge in [0, 0.05) is 10.4 Å². The Labute approximate surface area is 131 Å². The van der Waals surface area contributed by atoms with Crippen molar-refractivity contribution in [3.05, 3.63) is 81.7 Å². The third kappa shape index (κ3) is 2.94. The molecular weight excluding hydrogens is 301 g/mol. The summed E-state index contributed by atoms with van der Waals surface area (Å²) in [6.07, 6.45) is 1.49. The standard InChI is InChI=1S/C17H14FNO2S/c1-11-8-9-21-16(11)17(20)19-15(14-3-2-10-22-14)12-4-6-13(18)7-5-12/h2-10,15H,1H3,(H,19,20)/t15-/m1/s1. The van der Waals surface area contributed by atoms with Crippen LogP contribution in [-0.4, -0.2) is 5.91 Å². The number of furan rings is 1. The average Bonchev–Trinajstić information content (AvgIpc) is 3.17. The van der Waals surface area contributed by atoms with Gasteiger partial charge < -0.3 is 9.73 Å². The second kappa shape index (κ2) is 6.15. The van der Waals surface area contributed by atoms with Crippen LogP contribution >= 0.6 is 11.3 Å². The molecule has 3 nitrogen and oxygen atoms in total. The van der Waals surface area contributed by atoms with E-state index in [-0.39, 0.29) is 17.8 Å². The second-order valence-electron chi connectivity index (χ2n) is 4.91. The van der Waals surface area contributed by atoms with E-state index in [1.807, 2.05) is 24.4 Å². The molecule has 0 unspecified atom stereocenters. The smallest absolute Gasteiger partial charge is 0.288 e. The summed E-state index contributed by atoms with van der Waals surface area (Å²) in [5.41, 5.74) is 1.60. The third-order valence-corrected chi connectivity index (χ3v) is 4.31. The number of carbonyl (C=O) groups is 1. The Hall–Kier alpha value is -2.40. The molecule has 0 saturated carbocycles. The highest BCUT2D eigenvalue weighted by Gasteiger charge is 2.21. The molecule has 3 aromatic rings. The summed E-state index contributed by atoms with van der Waals surface area (Å²) in [5.74, 6) is -0.296. The van der Waals surface area contributed by atoms with E-state index < -0.39 is 0 Å². The van der Waals surface area contributed by atoms with Crippen molar-refractivity contribution in [2.75, 3.05) is 0 Å². The number of amides is 1. The van der Waals surface area contributed by atoms with E-state index in [1.54, 1.807) is 18.2 Å². The van der Waals surface area contributed by atoms with Crippen molar-refractivity contribution >= 4 is 17.2 Å². The Balaban J connectivity index is 1.91. The lowest BCUT2D eigenvalue weighted by Crippen LogP contribution is -2.29. The first-order chi connectivity index (χ1) is 10.6. The van der Waals surface area contributed by atoms with Crippen molar-refractivity contribution in [1.29, 1.82) is 0 Å². The second-order valence-corrected chi connectivity index (χ2v) is 5.89. The maximum Gasteiger partial charge on any atom is 0.288 e. The molecule has 1 amide bonds. The fourth-order valence-electron chi connectivity index (χ4n) is 2.23. The minimum absolute atomic E-state index is 0.287. The number of halogens is 1. The highest BCUT2D eigenvalue weighted by molar-refractivity contribution is 7.10. The van der Waals surface area contributed by atoms with E-state index in [4.69, 9.17) is 4.42 Å². The minimum atomic E-state index is -0.336. The van der Waals surface area contributed by atoms with Crippen molar-refractivity contribution in [3.8, 4) is 0 Å². The van der Waals surface area contributed by atoms with Crippen LogP contribution in [0.5, 0.6) is 0 Å². The summed E-state index contributed by atoms with van der Waals surface area (Å²) >= 11 is 1.53. The molecule has 0 radical (unpaired) electrons. The summed E-state index contributed by atoms with van der Waals surface area (Å²) in [5, 5.41) is 4.89. The molecule has 5 heteroatoms. The zero-order valence-electron chi connectivity index (χ0n) is 11.9. The number of rotatable bonds is 4. The zero-order valence-corrected chi connectivity index (χ0v) is 12.7. The summed E-state index contributed by atoms with van der Waals surface area (Å²) < 4.78 is 18.4. The summed E-state index contributed by atoms with van der Waals surface area (Å²) in [7, 11) is 0. The van der Waals surface area contributed by atoms with E-state index in [1.165, 1.54) is 29.7 Å². The first kappa shape index (κ1) is 14.5. The van der Waals surface area contributed by atoms with Crippen molar-refractivity contribution in [2.45, 2.75) is 13.0 Å². The van der Waals surface area contributed by atoms with Crippen molar-refractivity contribution in [2.24, 2.45) is 0 Å². The lowest BCUT2D eigenvalue weighted by Gasteiger charge is -2.17. The van der Waals surface area contributed by atoms with E-state index >= 15 is 0 Å². The van der Waals surface area contributed by atoms with Crippen LogP contribution in [0.25, 0.3) is 0 Å². The van der Waals surface area contributed by atoms with Crippen molar-refractivity contribution < 1.29 is 13.6 Å². The van der Waals surface area contributed by atoms with Gasteiger partial charge >= 0.3 is 0 Å². The Morgan fingerprint density at radius 1 is 1.23 bits per heavy atom. The van der Waals surface area contributed by atoms with Gasteiger partial charge in [-0.25, -0.2) is 4.39 Å². The van der Waals surface area contributed by atoms with Gasteiger partial charge in [-0.05, 0) is 42.1 Å². The van der Waals surface area contributed by atoms with Crippen molar-refractivity contribution in [3.63, 3.8) is 0 Å². The molecule has 2 aromatic heterocycles. The fraction of sp³-hybridized carbons (Fsp3) is 0.118. The van der Waals surface area contributed by atoms with Gasteiger partial charge in [-0.2, -0.15) is 0 Å². The molecule has 112 valence electrons. The number of benzene rings is 1. The molecule has 0 bridgehead atoms. The van der Waals surface area contributed by atoms with Gasteiger partial charge in [-0.1, -0.05) is 18.2 Å². The lowest BCUT2D eigenvalue weighted by molar-refractivity contribution is 0.0914. The first-order valence-electron chi connectivity index (χ1n) is 6.79. The monoisotopic (exact) mass is 315 g/mol. The van der Waals surface area contributed by atoms with E-state index in [0.717, 1.165) is 16.0 Å². The van der Waals surface area contributed by atoms with E-state index in [0.29, 0.717) is 5.76 Å². The summed E-state index contributed by atoms with van der Waals surface area (Å²) in [6.45, 7) is 1.82. The van der Waals surface area contributed by atoms with E-state index in [9.17, 15) is 9.18 Å². The Kier molecular flexibility index (Phi) is 4.06. The number of thiophene rings is 1. The number of carbonyl (C=O) groups excluding carboxylic acids is 1. The van der Waals surface area contributed by atoms with Gasteiger partial charge in [0.25, 0.3) is 5.91 Å². The molecule has 1 N–H and O–H groups in total. The minimum Gasteiger partial charge on any atom is -0.459 e. The Morgan fingerprint density at radius 2 is 2.00 bits per heavy atom. The molecule has 22 heavy (non-hydrogen) atoms. The van der Waals surface area contributed by atoms with Crippen molar-refractivity contribution in [1.82, 2.24) is 5.32 Å². The lowest BCUT2D eigenvalue weighted by atomic mass is 10.0. The maximum atomic E-state index is 13.1. The van der Waals surface area contributed by atoms with Crippen LogP contribution in [0.2, 0.25) is 0 Å². The van der Waals surface area contributed by atoms with Gasteiger partial charge in [-0.3, -0.25) is 4.79 Å². The number of nitrogens with one attached hydrogen (secondary N) is 1. The number of hydrogen-bond acceptors (Lipinski definition) is 3. The van der Waals surface area contributed by atoms with Gasteiger partial charge in [0.1, 0.15) is 5.82 Å². The highest BCUT2D eigenvalue weighted by atomic mass is 32.1. The van der Waals surface area contributed by atoms with Crippen LogP contribution in [0.1, 0.15) is 32.6 Å². The highest BCUT2D eigenvalue weighted by Crippen LogP contribution is 2.27. The Morgan fingerprint density at radius 3 is 2.59 bits per heavy atom. The molecule has 0 spiro atoms. The van der Waals surface area contributed by atoms with Gasteiger partial charge in [0.05, 0.1) is 12.3 Å². The zero-order chi connectivity index (χ0) is 15.5. The molecule has 0 fully saturated rings. The van der Waals surface area contributed by atoms with Crippen LogP contribution in [0, 0.1) is 12.7 Å². The largest absolute Gasteiger partial charge is 0.459 e. The van der Waals surface area contributed by atoms with Crippen LogP contribution < -0.4 is 5.32 Å². The number of hydrogen-bond donors (Lipinski definition) is 1. The first-order valence-corrected chi connectivity index (χ1v) is 7.67. The number of aryl methyl sites for hydroxylation is 1. The topological polar surface area (TPSA) is 42.2 Å². The fourth-order valence-corrected chi connectivity index (χ4v) is 3.03. The molecule has 0 saturated heterocycles. The quantitative estimate of drug-likeness (QED) is 0.779. The molecule has 0 aliphatic heterocycles. The summed E-state index contributed by atoms with van der Waals surface area (Å²) in [4.78, 5) is 13.4. The van der Waals surface area contributed by atoms with Crippen LogP contribution in [-0.2, 0) is 0 Å². The van der Waals surface area contributed by atoms with Crippen LogP contribution in [0.15, 0.2) is 58.5 Å². The van der Waals surface area contributed by atoms with E-state index in [2.05, 4.69) is 5.32 Å².